The van der Waals surface area contributed by atoms with Gasteiger partial charge in [0, 0.05) is 12.3 Å². The fourth-order valence-corrected chi connectivity index (χ4v) is 3.54. The van der Waals surface area contributed by atoms with Crippen LogP contribution >= 0.6 is 0 Å². The van der Waals surface area contributed by atoms with Crippen molar-refractivity contribution in [2.24, 2.45) is 5.92 Å². The lowest BCUT2D eigenvalue weighted by Crippen LogP contribution is -2.55. The molecule has 0 aliphatic heterocycles. The summed E-state index contributed by atoms with van der Waals surface area (Å²) >= 11 is 0. The van der Waals surface area contributed by atoms with Crippen molar-refractivity contribution < 1.29 is 8.42 Å². The van der Waals surface area contributed by atoms with Crippen molar-refractivity contribution in [3.8, 4) is 0 Å². The van der Waals surface area contributed by atoms with Gasteiger partial charge in [0.2, 0.25) is 0 Å². The Morgan fingerprint density at radius 2 is 1.82 bits per heavy atom. The van der Waals surface area contributed by atoms with Crippen LogP contribution in [0.5, 0.6) is 0 Å². The summed E-state index contributed by atoms with van der Waals surface area (Å²) in [6, 6.07) is 0.0972. The van der Waals surface area contributed by atoms with E-state index >= 15 is 0 Å². The van der Waals surface area contributed by atoms with Crippen LogP contribution in [-0.2, 0) is 9.84 Å². The topological polar surface area (TPSA) is 46.2 Å². The van der Waals surface area contributed by atoms with Crippen molar-refractivity contribution in [2.75, 3.05) is 12.8 Å². The van der Waals surface area contributed by atoms with Crippen LogP contribution in [0.1, 0.15) is 52.9 Å². The minimum Gasteiger partial charge on any atom is -0.312 e. The Labute approximate surface area is 106 Å². The van der Waals surface area contributed by atoms with Crippen molar-refractivity contribution >= 4 is 9.84 Å². The Bertz CT molecular complexity index is 329. The molecule has 0 aromatic rings. The maximum absolute atomic E-state index is 12.0. The average Bonchev–Trinajstić information content (AvgIpc) is 2.69. The molecule has 0 aromatic heterocycles. The van der Waals surface area contributed by atoms with E-state index in [1.165, 1.54) is 31.9 Å². The van der Waals surface area contributed by atoms with Crippen LogP contribution in [0.25, 0.3) is 0 Å². The van der Waals surface area contributed by atoms with E-state index in [-0.39, 0.29) is 6.04 Å². The quantitative estimate of drug-likeness (QED) is 0.798. The summed E-state index contributed by atoms with van der Waals surface area (Å²) in [7, 11) is -3.03. The van der Waals surface area contributed by atoms with Gasteiger partial charge in [0.1, 0.15) is 0 Å². The van der Waals surface area contributed by atoms with E-state index in [9.17, 15) is 8.42 Å². The van der Waals surface area contributed by atoms with Gasteiger partial charge in [-0.2, -0.15) is 0 Å². The second-order valence-corrected chi connectivity index (χ2v) is 8.45. The van der Waals surface area contributed by atoms with Crippen LogP contribution in [0, 0.1) is 5.92 Å². The summed E-state index contributed by atoms with van der Waals surface area (Å²) < 4.78 is 23.3. The number of sulfone groups is 1. The molecule has 0 radical (unpaired) electrons. The normalized spacial score (nSPS) is 20.7. The molecule has 17 heavy (non-hydrogen) atoms. The summed E-state index contributed by atoms with van der Waals surface area (Å²) in [6.07, 6.45) is 7.23. The first-order chi connectivity index (χ1) is 7.80. The third kappa shape index (κ3) is 3.44. The van der Waals surface area contributed by atoms with Crippen molar-refractivity contribution in [2.45, 2.75) is 63.7 Å². The molecule has 3 nitrogen and oxygen atoms in total. The number of rotatable bonds is 6. The third-order valence-corrected chi connectivity index (χ3v) is 6.36. The molecule has 0 saturated heterocycles. The average molecular weight is 261 g/mol. The molecule has 1 saturated carbocycles. The zero-order valence-electron chi connectivity index (χ0n) is 11.6. The van der Waals surface area contributed by atoms with Gasteiger partial charge in [0.05, 0.1) is 4.75 Å². The lowest BCUT2D eigenvalue weighted by molar-refractivity contribution is 0.299. The van der Waals surface area contributed by atoms with E-state index in [0.717, 1.165) is 13.0 Å². The summed E-state index contributed by atoms with van der Waals surface area (Å²) in [4.78, 5) is 0. The molecule has 1 atom stereocenters. The standard InChI is InChI=1S/C13H27NO2S/c1-5-10-14-12(11-8-6-7-9-11)13(2,3)17(4,15)16/h11-12,14H,5-10H2,1-4H3. The number of nitrogens with one attached hydrogen (secondary N) is 1. The highest BCUT2D eigenvalue weighted by Gasteiger charge is 2.43. The van der Waals surface area contributed by atoms with E-state index in [2.05, 4.69) is 12.2 Å². The first kappa shape index (κ1) is 15.0. The molecule has 1 rings (SSSR count). The van der Waals surface area contributed by atoms with Gasteiger partial charge in [-0.15, -0.1) is 0 Å². The molecule has 0 aromatic carbocycles. The second-order valence-electron chi connectivity index (χ2n) is 5.85. The van der Waals surface area contributed by atoms with Gasteiger partial charge >= 0.3 is 0 Å². The molecule has 0 spiro atoms. The van der Waals surface area contributed by atoms with Gasteiger partial charge in [-0.05, 0) is 45.6 Å². The van der Waals surface area contributed by atoms with Crippen LogP contribution in [0.15, 0.2) is 0 Å². The molecule has 0 bridgehead atoms. The van der Waals surface area contributed by atoms with Gasteiger partial charge < -0.3 is 5.32 Å². The molecule has 4 heteroatoms. The highest BCUT2D eigenvalue weighted by atomic mass is 32.2. The zero-order valence-corrected chi connectivity index (χ0v) is 12.4. The molecule has 0 amide bonds. The van der Waals surface area contributed by atoms with Gasteiger partial charge in [0.25, 0.3) is 0 Å². The second kappa shape index (κ2) is 5.70. The highest BCUT2D eigenvalue weighted by Crippen LogP contribution is 2.35. The van der Waals surface area contributed by atoms with Crippen molar-refractivity contribution in [3.05, 3.63) is 0 Å². The summed E-state index contributed by atoms with van der Waals surface area (Å²) in [5.41, 5.74) is 0. The van der Waals surface area contributed by atoms with Crippen LogP contribution in [0.4, 0.5) is 0 Å². The van der Waals surface area contributed by atoms with E-state index in [1.54, 1.807) is 0 Å². The molecule has 1 fully saturated rings. The maximum Gasteiger partial charge on any atom is 0.154 e. The Hall–Kier alpha value is -0.0900. The van der Waals surface area contributed by atoms with Crippen LogP contribution < -0.4 is 5.32 Å². The number of hydrogen-bond donors (Lipinski definition) is 1. The maximum atomic E-state index is 12.0. The minimum absolute atomic E-state index is 0.0972. The van der Waals surface area contributed by atoms with Crippen LogP contribution in [0.2, 0.25) is 0 Å². The largest absolute Gasteiger partial charge is 0.312 e. The Kier molecular flexibility index (Phi) is 5.02. The van der Waals surface area contributed by atoms with Crippen molar-refractivity contribution in [3.63, 3.8) is 0 Å². The lowest BCUT2D eigenvalue weighted by Gasteiger charge is -2.37. The van der Waals surface area contributed by atoms with Crippen LogP contribution in [-0.4, -0.2) is 32.0 Å². The summed E-state index contributed by atoms with van der Waals surface area (Å²) in [5, 5.41) is 3.48. The highest BCUT2D eigenvalue weighted by molar-refractivity contribution is 7.92. The van der Waals surface area contributed by atoms with E-state index in [0.29, 0.717) is 5.92 Å². The van der Waals surface area contributed by atoms with Crippen LogP contribution in [0.3, 0.4) is 0 Å². The zero-order chi connectivity index (χ0) is 13.1. The molecule has 1 N–H and O–H groups in total. The lowest BCUT2D eigenvalue weighted by atomic mass is 9.88. The van der Waals surface area contributed by atoms with Gasteiger partial charge in [0.15, 0.2) is 9.84 Å². The number of hydrogen-bond acceptors (Lipinski definition) is 3. The van der Waals surface area contributed by atoms with Crippen molar-refractivity contribution in [1.82, 2.24) is 5.32 Å². The van der Waals surface area contributed by atoms with E-state index < -0.39 is 14.6 Å². The SMILES string of the molecule is CCCNC(C1CCCC1)C(C)(C)S(C)(=O)=O. The predicted molar refractivity (Wildman–Crippen MR) is 73.0 cm³/mol. The Morgan fingerprint density at radius 1 is 1.29 bits per heavy atom. The molecule has 102 valence electrons. The predicted octanol–water partition coefficient (Wildman–Crippen LogP) is 2.37. The molecule has 0 heterocycles. The monoisotopic (exact) mass is 261 g/mol. The molecular formula is C13H27NO2S. The first-order valence-corrected chi connectivity index (χ1v) is 8.62. The minimum atomic E-state index is -3.03. The van der Waals surface area contributed by atoms with E-state index in [1.807, 2.05) is 13.8 Å². The smallest absolute Gasteiger partial charge is 0.154 e. The summed E-state index contributed by atoms with van der Waals surface area (Å²) in [5.74, 6) is 0.520. The Balaban J connectivity index is 2.88. The first-order valence-electron chi connectivity index (χ1n) is 6.73. The van der Waals surface area contributed by atoms with Gasteiger partial charge in [-0.3, -0.25) is 0 Å². The third-order valence-electron chi connectivity index (χ3n) is 4.19. The molecular weight excluding hydrogens is 234 g/mol. The fourth-order valence-electron chi connectivity index (χ4n) is 2.80. The van der Waals surface area contributed by atoms with Gasteiger partial charge in [-0.1, -0.05) is 19.8 Å². The molecule has 1 aliphatic carbocycles. The Morgan fingerprint density at radius 3 is 2.24 bits per heavy atom. The molecule has 1 unspecified atom stereocenters. The summed E-state index contributed by atoms with van der Waals surface area (Å²) in [6.45, 7) is 6.76. The van der Waals surface area contributed by atoms with Crippen molar-refractivity contribution in [1.29, 1.82) is 0 Å². The van der Waals surface area contributed by atoms with Gasteiger partial charge in [-0.25, -0.2) is 8.42 Å². The molecule has 1 aliphatic rings. The fraction of sp³-hybridized carbons (Fsp3) is 1.00. The van der Waals surface area contributed by atoms with E-state index in [4.69, 9.17) is 0 Å².